The lowest BCUT2D eigenvalue weighted by Crippen LogP contribution is -2.22. The Morgan fingerprint density at radius 2 is 2.15 bits per heavy atom. The van der Waals surface area contributed by atoms with Crippen LogP contribution in [0.1, 0.15) is 49.4 Å². The molecule has 1 aromatic heterocycles. The molecule has 0 spiro atoms. The second kappa shape index (κ2) is 8.26. The van der Waals surface area contributed by atoms with Crippen LogP contribution in [-0.2, 0) is 11.2 Å². The van der Waals surface area contributed by atoms with E-state index in [4.69, 9.17) is 5.26 Å². The van der Waals surface area contributed by atoms with E-state index in [2.05, 4.69) is 15.1 Å². The highest BCUT2D eigenvalue weighted by molar-refractivity contribution is 5.81. The molecule has 1 atom stereocenters. The first-order valence-corrected chi connectivity index (χ1v) is 9.25. The molecule has 3 rings (SSSR count). The first-order chi connectivity index (χ1) is 13.0. The number of rotatable bonds is 6. The quantitative estimate of drug-likeness (QED) is 0.781. The fraction of sp³-hybridized carbons (Fsp3) is 0.429. The molecule has 2 heterocycles. The number of aromatic nitrogens is 2. The molecule has 1 aliphatic rings. The third-order valence-electron chi connectivity index (χ3n) is 4.98. The summed E-state index contributed by atoms with van der Waals surface area (Å²) < 4.78 is 14.1. The molecule has 0 saturated carbocycles. The SMILES string of the molecule is CC(C)c1ccc(CC(=O)C[C@H]2CCN(c3ccc(C#N)nn3)C2)cc1F. The highest BCUT2D eigenvalue weighted by Gasteiger charge is 2.25. The van der Waals surface area contributed by atoms with Crippen LogP contribution < -0.4 is 4.90 Å². The fourth-order valence-corrected chi connectivity index (χ4v) is 3.53. The Labute approximate surface area is 158 Å². The largest absolute Gasteiger partial charge is 0.355 e. The normalized spacial score (nSPS) is 16.6. The van der Waals surface area contributed by atoms with E-state index >= 15 is 0 Å². The van der Waals surface area contributed by atoms with Gasteiger partial charge in [-0.25, -0.2) is 4.39 Å². The number of halogens is 1. The fourth-order valence-electron chi connectivity index (χ4n) is 3.53. The molecule has 0 radical (unpaired) electrons. The standard InChI is InChI=1S/C21H23FN4O/c1-14(2)19-5-3-15(11-20(19)22)9-18(27)10-16-7-8-26(13-16)21-6-4-17(12-23)24-25-21/h3-6,11,14,16H,7-10,13H2,1-2H3/t16-/m1/s1. The van der Waals surface area contributed by atoms with Crippen LogP contribution in [0.25, 0.3) is 0 Å². The summed E-state index contributed by atoms with van der Waals surface area (Å²) in [6.45, 7) is 5.46. The van der Waals surface area contributed by atoms with Gasteiger partial charge in [0, 0.05) is 25.9 Å². The smallest absolute Gasteiger partial charge is 0.163 e. The number of hydrogen-bond donors (Lipinski definition) is 0. The van der Waals surface area contributed by atoms with Crippen LogP contribution in [-0.4, -0.2) is 29.1 Å². The first-order valence-electron chi connectivity index (χ1n) is 9.25. The topological polar surface area (TPSA) is 69.9 Å². The van der Waals surface area contributed by atoms with E-state index in [0.717, 1.165) is 30.9 Å². The number of Topliss-reactive ketones (excluding diaryl/α,β-unsaturated/α-hetero) is 1. The van der Waals surface area contributed by atoms with Gasteiger partial charge in [0.25, 0.3) is 0 Å². The summed E-state index contributed by atoms with van der Waals surface area (Å²) in [7, 11) is 0. The van der Waals surface area contributed by atoms with Gasteiger partial charge < -0.3 is 4.90 Å². The minimum Gasteiger partial charge on any atom is -0.355 e. The molecule has 1 aliphatic heterocycles. The number of nitrogens with zero attached hydrogens (tertiary/aromatic N) is 4. The molecule has 5 nitrogen and oxygen atoms in total. The summed E-state index contributed by atoms with van der Waals surface area (Å²) in [6.07, 6.45) is 1.66. The molecule has 6 heteroatoms. The maximum Gasteiger partial charge on any atom is 0.163 e. The van der Waals surface area contributed by atoms with Gasteiger partial charge >= 0.3 is 0 Å². The minimum absolute atomic E-state index is 0.129. The molecule has 27 heavy (non-hydrogen) atoms. The van der Waals surface area contributed by atoms with E-state index in [1.165, 1.54) is 6.07 Å². The maximum atomic E-state index is 14.1. The van der Waals surface area contributed by atoms with Gasteiger partial charge in [-0.05, 0) is 47.6 Å². The summed E-state index contributed by atoms with van der Waals surface area (Å²) in [5.41, 5.74) is 1.70. The number of ketones is 1. The van der Waals surface area contributed by atoms with Gasteiger partial charge in [0.2, 0.25) is 0 Å². The Kier molecular flexibility index (Phi) is 5.80. The van der Waals surface area contributed by atoms with Crippen molar-refractivity contribution in [1.82, 2.24) is 10.2 Å². The Hall–Kier alpha value is -2.81. The molecule has 0 amide bonds. The van der Waals surface area contributed by atoms with Crippen molar-refractivity contribution >= 4 is 11.6 Å². The van der Waals surface area contributed by atoms with Gasteiger partial charge in [0.15, 0.2) is 11.5 Å². The minimum atomic E-state index is -0.235. The number of carbonyl (C=O) groups is 1. The van der Waals surface area contributed by atoms with Crippen molar-refractivity contribution in [3.8, 4) is 6.07 Å². The lowest BCUT2D eigenvalue weighted by atomic mass is 9.95. The second-order valence-corrected chi connectivity index (χ2v) is 7.42. The van der Waals surface area contributed by atoms with E-state index in [0.29, 0.717) is 17.7 Å². The average molecular weight is 366 g/mol. The molecule has 0 bridgehead atoms. The van der Waals surface area contributed by atoms with Crippen molar-refractivity contribution in [2.75, 3.05) is 18.0 Å². The van der Waals surface area contributed by atoms with Gasteiger partial charge in [-0.2, -0.15) is 5.26 Å². The number of nitriles is 1. The Morgan fingerprint density at radius 1 is 1.33 bits per heavy atom. The van der Waals surface area contributed by atoms with Crippen LogP contribution in [0.5, 0.6) is 0 Å². The average Bonchev–Trinajstić information content (AvgIpc) is 3.09. The van der Waals surface area contributed by atoms with Crippen LogP contribution in [0.3, 0.4) is 0 Å². The van der Waals surface area contributed by atoms with Crippen LogP contribution in [0.4, 0.5) is 10.2 Å². The van der Waals surface area contributed by atoms with Gasteiger partial charge in [0.05, 0.1) is 0 Å². The third kappa shape index (κ3) is 4.68. The lowest BCUT2D eigenvalue weighted by Gasteiger charge is -2.16. The van der Waals surface area contributed by atoms with E-state index in [9.17, 15) is 9.18 Å². The summed E-state index contributed by atoms with van der Waals surface area (Å²) in [5, 5.41) is 16.7. The van der Waals surface area contributed by atoms with Crippen LogP contribution >= 0.6 is 0 Å². The molecule has 0 unspecified atom stereocenters. The van der Waals surface area contributed by atoms with Crippen molar-refractivity contribution in [3.05, 3.63) is 53.0 Å². The second-order valence-electron chi connectivity index (χ2n) is 7.42. The predicted molar refractivity (Wildman–Crippen MR) is 101 cm³/mol. The van der Waals surface area contributed by atoms with E-state index in [1.807, 2.05) is 26.0 Å². The van der Waals surface area contributed by atoms with Gasteiger partial charge in [-0.3, -0.25) is 4.79 Å². The molecular formula is C21H23FN4O. The Bertz CT molecular complexity index is 857. The Balaban J connectivity index is 1.54. The van der Waals surface area contributed by atoms with E-state index in [-0.39, 0.29) is 29.9 Å². The van der Waals surface area contributed by atoms with Crippen molar-refractivity contribution < 1.29 is 9.18 Å². The van der Waals surface area contributed by atoms with Crippen LogP contribution in [0, 0.1) is 23.1 Å². The molecule has 1 aromatic carbocycles. The third-order valence-corrected chi connectivity index (χ3v) is 4.98. The van der Waals surface area contributed by atoms with Crippen LogP contribution in [0.2, 0.25) is 0 Å². The van der Waals surface area contributed by atoms with Crippen molar-refractivity contribution in [2.45, 2.75) is 39.0 Å². The zero-order chi connectivity index (χ0) is 19.4. The van der Waals surface area contributed by atoms with Crippen molar-refractivity contribution in [1.29, 1.82) is 5.26 Å². The van der Waals surface area contributed by atoms with Gasteiger partial charge in [-0.1, -0.05) is 26.0 Å². The number of benzene rings is 1. The number of hydrogen-bond acceptors (Lipinski definition) is 5. The van der Waals surface area contributed by atoms with Crippen LogP contribution in [0.15, 0.2) is 30.3 Å². The maximum absolute atomic E-state index is 14.1. The monoisotopic (exact) mass is 366 g/mol. The van der Waals surface area contributed by atoms with E-state index < -0.39 is 0 Å². The van der Waals surface area contributed by atoms with E-state index in [1.54, 1.807) is 18.2 Å². The molecule has 0 N–H and O–H groups in total. The molecule has 2 aromatic rings. The zero-order valence-corrected chi connectivity index (χ0v) is 15.7. The summed E-state index contributed by atoms with van der Waals surface area (Å²) in [4.78, 5) is 14.5. The van der Waals surface area contributed by atoms with Gasteiger partial charge in [-0.15, -0.1) is 10.2 Å². The summed E-state index contributed by atoms with van der Waals surface area (Å²) >= 11 is 0. The molecule has 140 valence electrons. The molecule has 1 saturated heterocycles. The predicted octanol–water partition coefficient (Wildman–Crippen LogP) is 3.64. The van der Waals surface area contributed by atoms with Crippen molar-refractivity contribution in [2.24, 2.45) is 5.92 Å². The lowest BCUT2D eigenvalue weighted by molar-refractivity contribution is -0.119. The van der Waals surface area contributed by atoms with Crippen molar-refractivity contribution in [3.63, 3.8) is 0 Å². The summed E-state index contributed by atoms with van der Waals surface area (Å²) in [6, 6.07) is 10.5. The highest BCUT2D eigenvalue weighted by Crippen LogP contribution is 2.25. The highest BCUT2D eigenvalue weighted by atomic mass is 19.1. The van der Waals surface area contributed by atoms with Gasteiger partial charge in [0.1, 0.15) is 17.7 Å². The summed E-state index contributed by atoms with van der Waals surface area (Å²) in [5.74, 6) is 1.01. The first kappa shape index (κ1) is 19.0. The Morgan fingerprint density at radius 3 is 2.78 bits per heavy atom. The number of carbonyl (C=O) groups excluding carboxylic acids is 1. The molecular weight excluding hydrogens is 343 g/mol. The molecule has 0 aliphatic carbocycles. The zero-order valence-electron chi connectivity index (χ0n) is 15.7. The molecule has 1 fully saturated rings. The number of anilines is 1.